The minimum atomic E-state index is -0.845. The summed E-state index contributed by atoms with van der Waals surface area (Å²) in [6.07, 6.45) is 0.0129. The third-order valence-corrected chi connectivity index (χ3v) is 2.33. The second-order valence-corrected chi connectivity index (χ2v) is 3.51. The van der Waals surface area contributed by atoms with Crippen LogP contribution in [0.1, 0.15) is 11.4 Å². The van der Waals surface area contributed by atoms with Crippen LogP contribution in [0.15, 0.2) is 18.2 Å². The van der Waals surface area contributed by atoms with Crippen molar-refractivity contribution in [3.05, 3.63) is 29.6 Å². The van der Waals surface area contributed by atoms with Gasteiger partial charge in [0.15, 0.2) is 0 Å². The zero-order valence-corrected chi connectivity index (χ0v) is 8.58. The van der Waals surface area contributed by atoms with E-state index in [0.717, 1.165) is 16.6 Å². The number of aliphatic carboxylic acids is 1. The van der Waals surface area contributed by atoms with Crippen LogP contribution < -0.4 is 0 Å². The fourth-order valence-corrected chi connectivity index (χ4v) is 1.58. The number of carbonyl (C=O) groups is 1. The number of hydrogen-bond acceptors (Lipinski definition) is 2. The summed E-state index contributed by atoms with van der Waals surface area (Å²) < 4.78 is 0. The van der Waals surface area contributed by atoms with Crippen LogP contribution in [0.3, 0.4) is 0 Å². The molecule has 2 rings (SSSR count). The number of nitrogens with one attached hydrogen (secondary N) is 1. The van der Waals surface area contributed by atoms with Crippen LogP contribution in [-0.4, -0.2) is 21.0 Å². The highest BCUT2D eigenvalue weighted by molar-refractivity contribution is 6.16. The number of aromatic amines is 1. The molecule has 0 atom stereocenters. The first-order chi connectivity index (χ1) is 7.19. The minimum absolute atomic E-state index is 0.0129. The smallest absolute Gasteiger partial charge is 0.307 e. The predicted octanol–water partition coefficient (Wildman–Crippen LogP) is 1.93. The molecule has 15 heavy (non-hydrogen) atoms. The Bertz CT molecular complexity index is 507. The molecule has 0 saturated heterocycles. The SMILES string of the molecule is O=C(O)Cc1ccc2[nH]c(CCl)nc2c1. The fourth-order valence-electron chi connectivity index (χ4n) is 1.45. The number of rotatable bonds is 3. The number of imidazole rings is 1. The molecule has 0 aliphatic rings. The topological polar surface area (TPSA) is 66.0 Å². The Balaban J connectivity index is 2.41. The van der Waals surface area contributed by atoms with Crippen molar-refractivity contribution in [3.8, 4) is 0 Å². The van der Waals surface area contributed by atoms with Gasteiger partial charge in [-0.1, -0.05) is 6.07 Å². The van der Waals surface area contributed by atoms with Gasteiger partial charge in [-0.25, -0.2) is 4.98 Å². The van der Waals surface area contributed by atoms with Crippen molar-refractivity contribution in [1.82, 2.24) is 9.97 Å². The van der Waals surface area contributed by atoms with Crippen LogP contribution in [0.25, 0.3) is 11.0 Å². The number of carboxylic acid groups (broad SMARTS) is 1. The Morgan fingerprint density at radius 2 is 2.33 bits per heavy atom. The molecule has 4 nitrogen and oxygen atoms in total. The molecule has 5 heteroatoms. The number of H-pyrrole nitrogens is 1. The first-order valence-electron chi connectivity index (χ1n) is 4.44. The van der Waals surface area contributed by atoms with E-state index in [-0.39, 0.29) is 6.42 Å². The monoisotopic (exact) mass is 224 g/mol. The Labute approximate surface area is 90.9 Å². The average Bonchev–Trinajstić information content (AvgIpc) is 2.58. The molecule has 0 unspecified atom stereocenters. The van der Waals surface area contributed by atoms with Gasteiger partial charge in [0.25, 0.3) is 0 Å². The molecule has 2 aromatic rings. The second kappa shape index (κ2) is 3.90. The summed E-state index contributed by atoms with van der Waals surface area (Å²) in [7, 11) is 0. The summed E-state index contributed by atoms with van der Waals surface area (Å²) in [5.74, 6) is 0.171. The van der Waals surface area contributed by atoms with E-state index >= 15 is 0 Å². The van der Waals surface area contributed by atoms with Crippen LogP contribution in [0.2, 0.25) is 0 Å². The van der Waals surface area contributed by atoms with Gasteiger partial charge in [0, 0.05) is 0 Å². The first-order valence-corrected chi connectivity index (χ1v) is 4.98. The van der Waals surface area contributed by atoms with E-state index in [1.54, 1.807) is 12.1 Å². The Kier molecular flexibility index (Phi) is 2.60. The lowest BCUT2D eigenvalue weighted by Gasteiger charge is -1.95. The standard InChI is InChI=1S/C10H9ClN2O2/c11-5-9-12-7-2-1-6(4-10(14)15)3-8(7)13-9/h1-3H,4-5H2,(H,12,13)(H,14,15). The van der Waals surface area contributed by atoms with Crippen LogP contribution in [0, 0.1) is 0 Å². The molecule has 1 aromatic carbocycles. The number of hydrogen-bond donors (Lipinski definition) is 2. The van der Waals surface area contributed by atoms with Crippen molar-refractivity contribution in [2.75, 3.05) is 0 Å². The molecule has 0 aliphatic carbocycles. The maximum atomic E-state index is 10.5. The Morgan fingerprint density at radius 3 is 3.00 bits per heavy atom. The van der Waals surface area contributed by atoms with Crippen molar-refractivity contribution in [1.29, 1.82) is 0 Å². The van der Waals surface area contributed by atoms with E-state index in [0.29, 0.717) is 11.7 Å². The zero-order valence-electron chi connectivity index (χ0n) is 7.83. The lowest BCUT2D eigenvalue weighted by Crippen LogP contribution is -1.99. The van der Waals surface area contributed by atoms with Gasteiger partial charge in [0.1, 0.15) is 5.82 Å². The lowest BCUT2D eigenvalue weighted by atomic mass is 10.1. The third-order valence-electron chi connectivity index (χ3n) is 2.08. The molecule has 0 bridgehead atoms. The molecular formula is C10H9ClN2O2. The van der Waals surface area contributed by atoms with Gasteiger partial charge in [0.2, 0.25) is 0 Å². The molecule has 0 amide bonds. The molecule has 0 fully saturated rings. The molecule has 1 aromatic heterocycles. The summed E-state index contributed by atoms with van der Waals surface area (Å²) in [6, 6.07) is 5.35. The van der Waals surface area contributed by atoms with Crippen molar-refractivity contribution in [3.63, 3.8) is 0 Å². The summed E-state index contributed by atoms with van der Waals surface area (Å²) >= 11 is 5.63. The fraction of sp³-hybridized carbons (Fsp3) is 0.200. The van der Waals surface area contributed by atoms with E-state index in [9.17, 15) is 4.79 Å². The molecule has 1 heterocycles. The van der Waals surface area contributed by atoms with Crippen LogP contribution in [0.4, 0.5) is 0 Å². The molecule has 0 radical (unpaired) electrons. The third kappa shape index (κ3) is 2.10. The number of aromatic nitrogens is 2. The van der Waals surface area contributed by atoms with Gasteiger partial charge in [-0.3, -0.25) is 4.79 Å². The number of fused-ring (bicyclic) bond motifs is 1. The number of carboxylic acids is 1. The largest absolute Gasteiger partial charge is 0.481 e. The van der Waals surface area contributed by atoms with Gasteiger partial charge in [-0.2, -0.15) is 0 Å². The maximum absolute atomic E-state index is 10.5. The summed E-state index contributed by atoms with van der Waals surface area (Å²) in [6.45, 7) is 0. The summed E-state index contributed by atoms with van der Waals surface area (Å²) in [5, 5.41) is 8.64. The minimum Gasteiger partial charge on any atom is -0.481 e. The Morgan fingerprint density at radius 1 is 1.53 bits per heavy atom. The predicted molar refractivity (Wildman–Crippen MR) is 57.0 cm³/mol. The number of halogens is 1. The van der Waals surface area contributed by atoms with Crippen molar-refractivity contribution >= 4 is 28.6 Å². The molecule has 0 spiro atoms. The van der Waals surface area contributed by atoms with E-state index < -0.39 is 5.97 Å². The summed E-state index contributed by atoms with van der Waals surface area (Å²) in [4.78, 5) is 17.8. The zero-order chi connectivity index (χ0) is 10.8. The maximum Gasteiger partial charge on any atom is 0.307 e. The van der Waals surface area contributed by atoms with Crippen molar-refractivity contribution in [2.24, 2.45) is 0 Å². The van der Waals surface area contributed by atoms with Gasteiger partial charge < -0.3 is 10.1 Å². The normalized spacial score (nSPS) is 10.7. The van der Waals surface area contributed by atoms with Gasteiger partial charge in [-0.15, -0.1) is 11.6 Å². The van der Waals surface area contributed by atoms with Gasteiger partial charge in [0.05, 0.1) is 23.3 Å². The highest BCUT2D eigenvalue weighted by atomic mass is 35.5. The second-order valence-electron chi connectivity index (χ2n) is 3.24. The van der Waals surface area contributed by atoms with Crippen molar-refractivity contribution < 1.29 is 9.90 Å². The van der Waals surface area contributed by atoms with Gasteiger partial charge in [-0.05, 0) is 17.7 Å². The van der Waals surface area contributed by atoms with E-state index in [1.807, 2.05) is 6.07 Å². The van der Waals surface area contributed by atoms with E-state index in [1.165, 1.54) is 0 Å². The summed E-state index contributed by atoms with van der Waals surface area (Å²) in [5.41, 5.74) is 2.37. The molecule has 78 valence electrons. The Hall–Kier alpha value is -1.55. The van der Waals surface area contributed by atoms with Crippen LogP contribution >= 0.6 is 11.6 Å². The lowest BCUT2D eigenvalue weighted by molar-refractivity contribution is -0.136. The number of nitrogens with zero attached hydrogens (tertiary/aromatic N) is 1. The molecule has 2 N–H and O–H groups in total. The van der Waals surface area contributed by atoms with Gasteiger partial charge >= 0.3 is 5.97 Å². The average molecular weight is 225 g/mol. The molecule has 0 aliphatic heterocycles. The quantitative estimate of drug-likeness (QED) is 0.783. The van der Waals surface area contributed by atoms with Crippen LogP contribution in [-0.2, 0) is 17.1 Å². The molecule has 0 saturated carbocycles. The number of benzene rings is 1. The highest BCUT2D eigenvalue weighted by Crippen LogP contribution is 2.15. The highest BCUT2D eigenvalue weighted by Gasteiger charge is 2.05. The van der Waals surface area contributed by atoms with E-state index in [4.69, 9.17) is 16.7 Å². The van der Waals surface area contributed by atoms with Crippen LogP contribution in [0.5, 0.6) is 0 Å². The first kappa shape index (κ1) is 9.98. The number of alkyl halides is 1. The molecular weight excluding hydrogens is 216 g/mol. The van der Waals surface area contributed by atoms with E-state index in [2.05, 4.69) is 9.97 Å². The van der Waals surface area contributed by atoms with Crippen molar-refractivity contribution in [2.45, 2.75) is 12.3 Å².